The zero-order valence-electron chi connectivity index (χ0n) is 11.8. The van der Waals surface area contributed by atoms with E-state index >= 15 is 0 Å². The van der Waals surface area contributed by atoms with Crippen LogP contribution in [0.1, 0.15) is 44.7 Å². The van der Waals surface area contributed by atoms with Gasteiger partial charge in [-0.15, -0.1) is 11.3 Å². The third-order valence-corrected chi connectivity index (χ3v) is 4.45. The molecule has 0 radical (unpaired) electrons. The van der Waals surface area contributed by atoms with Crippen molar-refractivity contribution < 1.29 is 4.79 Å². The Morgan fingerprint density at radius 2 is 2.32 bits per heavy atom. The maximum Gasteiger partial charge on any atom is 0.237 e. The van der Waals surface area contributed by atoms with Crippen molar-refractivity contribution in [3.05, 3.63) is 16.6 Å². The quantitative estimate of drug-likeness (QED) is 0.871. The summed E-state index contributed by atoms with van der Waals surface area (Å²) in [5.41, 5.74) is 2.88. The van der Waals surface area contributed by atoms with Crippen LogP contribution in [0.4, 0.5) is 0 Å². The van der Waals surface area contributed by atoms with Gasteiger partial charge in [0.1, 0.15) is 0 Å². The van der Waals surface area contributed by atoms with Crippen LogP contribution in [0.5, 0.6) is 0 Å². The largest absolute Gasteiger partial charge is 0.352 e. The van der Waals surface area contributed by atoms with Gasteiger partial charge < -0.3 is 5.32 Å². The molecule has 0 saturated heterocycles. The van der Waals surface area contributed by atoms with Gasteiger partial charge >= 0.3 is 0 Å². The number of hydrogen-bond donors (Lipinski definition) is 1. The van der Waals surface area contributed by atoms with E-state index in [1.54, 1.807) is 11.3 Å². The summed E-state index contributed by atoms with van der Waals surface area (Å²) in [6, 6.07) is 0.344. The van der Waals surface area contributed by atoms with Crippen LogP contribution in [-0.2, 0) is 11.3 Å². The zero-order valence-corrected chi connectivity index (χ0v) is 12.6. The Hall–Kier alpha value is -0.940. The monoisotopic (exact) mass is 281 g/mol. The number of aromatic nitrogens is 1. The van der Waals surface area contributed by atoms with Crippen LogP contribution in [0.15, 0.2) is 10.9 Å². The number of nitrogens with one attached hydrogen (secondary N) is 1. The molecule has 1 aromatic heterocycles. The number of hydrogen-bond acceptors (Lipinski definition) is 4. The zero-order chi connectivity index (χ0) is 13.7. The predicted octanol–water partition coefficient (Wildman–Crippen LogP) is 2.41. The van der Waals surface area contributed by atoms with Crippen LogP contribution in [-0.4, -0.2) is 34.9 Å². The minimum atomic E-state index is -0.0534. The number of carbonyl (C=O) groups excluding carboxylic acids is 1. The van der Waals surface area contributed by atoms with Crippen molar-refractivity contribution in [2.75, 3.05) is 7.05 Å². The van der Waals surface area contributed by atoms with E-state index in [0.29, 0.717) is 6.04 Å². The Bertz CT molecular complexity index is 387. The second-order valence-corrected chi connectivity index (χ2v) is 6.03. The highest BCUT2D eigenvalue weighted by Crippen LogP contribution is 2.18. The van der Waals surface area contributed by atoms with Crippen LogP contribution in [0.25, 0.3) is 0 Å². The number of carbonyl (C=O) groups is 1. The SMILES string of the molecule is CCC(C(=O)NC1CCCC1)N(C)Cc1cscn1. The van der Waals surface area contributed by atoms with Crippen molar-refractivity contribution in [3.8, 4) is 0 Å². The number of likely N-dealkylation sites (N-methyl/N-ethyl adjacent to an activating group) is 1. The molecule has 1 aliphatic rings. The van der Waals surface area contributed by atoms with E-state index in [2.05, 4.69) is 22.1 Å². The van der Waals surface area contributed by atoms with Crippen LogP contribution < -0.4 is 5.32 Å². The van der Waals surface area contributed by atoms with E-state index in [-0.39, 0.29) is 11.9 Å². The normalized spacial score (nSPS) is 17.8. The summed E-state index contributed by atoms with van der Waals surface area (Å²) in [6.45, 7) is 2.80. The molecule has 0 spiro atoms. The summed E-state index contributed by atoms with van der Waals surface area (Å²) >= 11 is 1.60. The van der Waals surface area contributed by atoms with Crippen LogP contribution in [0, 0.1) is 0 Å². The molecule has 4 nitrogen and oxygen atoms in total. The molecule has 1 amide bonds. The predicted molar refractivity (Wildman–Crippen MR) is 78.1 cm³/mol. The lowest BCUT2D eigenvalue weighted by Crippen LogP contribution is -2.47. The van der Waals surface area contributed by atoms with Crippen LogP contribution in [0.2, 0.25) is 0 Å². The summed E-state index contributed by atoms with van der Waals surface area (Å²) in [5.74, 6) is 0.173. The second-order valence-electron chi connectivity index (χ2n) is 5.31. The van der Waals surface area contributed by atoms with Gasteiger partial charge in [0, 0.05) is 18.0 Å². The topological polar surface area (TPSA) is 45.2 Å². The van der Waals surface area contributed by atoms with Crippen LogP contribution >= 0.6 is 11.3 Å². The average molecular weight is 281 g/mol. The maximum atomic E-state index is 12.3. The fraction of sp³-hybridized carbons (Fsp3) is 0.714. The minimum absolute atomic E-state index is 0.0534. The summed E-state index contributed by atoms with van der Waals surface area (Å²) in [4.78, 5) is 18.7. The number of nitrogens with zero attached hydrogens (tertiary/aromatic N) is 2. The first-order valence-corrected chi connectivity index (χ1v) is 8.02. The molecule has 2 rings (SSSR count). The van der Waals surface area contributed by atoms with E-state index in [1.165, 1.54) is 12.8 Å². The van der Waals surface area contributed by atoms with E-state index in [9.17, 15) is 4.79 Å². The van der Waals surface area contributed by atoms with Crippen molar-refractivity contribution in [1.29, 1.82) is 0 Å². The van der Waals surface area contributed by atoms with Gasteiger partial charge in [-0.1, -0.05) is 19.8 Å². The standard InChI is InChI=1S/C14H23N3OS/c1-3-13(14(18)16-11-6-4-5-7-11)17(2)8-12-9-19-10-15-12/h9-11,13H,3-8H2,1-2H3,(H,16,18). The Kier molecular flexibility index (Phi) is 5.34. The third-order valence-electron chi connectivity index (χ3n) is 3.82. The maximum absolute atomic E-state index is 12.3. The first kappa shape index (κ1) is 14.5. The number of thiazole rings is 1. The fourth-order valence-electron chi connectivity index (χ4n) is 2.75. The molecule has 1 saturated carbocycles. The van der Waals surface area contributed by atoms with Gasteiger partial charge in [-0.25, -0.2) is 4.98 Å². The molecule has 1 fully saturated rings. The Morgan fingerprint density at radius 1 is 1.58 bits per heavy atom. The van der Waals surface area contributed by atoms with Gasteiger partial charge in [-0.2, -0.15) is 0 Å². The van der Waals surface area contributed by atoms with Crippen LogP contribution in [0.3, 0.4) is 0 Å². The lowest BCUT2D eigenvalue weighted by Gasteiger charge is -2.27. The van der Waals surface area contributed by atoms with E-state index < -0.39 is 0 Å². The van der Waals surface area contributed by atoms with E-state index in [1.807, 2.05) is 17.9 Å². The molecule has 0 aromatic carbocycles. The molecule has 1 aromatic rings. The van der Waals surface area contributed by atoms with Crippen molar-refractivity contribution in [2.45, 2.75) is 57.7 Å². The molecule has 106 valence electrons. The molecule has 5 heteroatoms. The third kappa shape index (κ3) is 4.01. The first-order chi connectivity index (χ1) is 9.20. The van der Waals surface area contributed by atoms with E-state index in [4.69, 9.17) is 0 Å². The van der Waals surface area contributed by atoms with Crippen molar-refractivity contribution in [2.24, 2.45) is 0 Å². The van der Waals surface area contributed by atoms with Gasteiger partial charge in [-0.3, -0.25) is 9.69 Å². The molecule has 1 aliphatic carbocycles. The highest BCUT2D eigenvalue weighted by molar-refractivity contribution is 7.07. The summed E-state index contributed by atoms with van der Waals surface area (Å²) in [6.07, 6.45) is 5.60. The van der Waals surface area contributed by atoms with Gasteiger partial charge in [0.15, 0.2) is 0 Å². The summed E-state index contributed by atoms with van der Waals surface area (Å²) < 4.78 is 0. The van der Waals surface area contributed by atoms with E-state index in [0.717, 1.165) is 31.5 Å². The second kappa shape index (κ2) is 7.01. The van der Waals surface area contributed by atoms with Crippen molar-refractivity contribution in [1.82, 2.24) is 15.2 Å². The first-order valence-electron chi connectivity index (χ1n) is 7.08. The Balaban J connectivity index is 1.88. The molecule has 0 bridgehead atoms. The molecule has 1 unspecified atom stereocenters. The highest BCUT2D eigenvalue weighted by atomic mass is 32.1. The average Bonchev–Trinajstić information content (AvgIpc) is 3.03. The summed E-state index contributed by atoms with van der Waals surface area (Å²) in [5, 5.41) is 5.23. The molecule has 1 atom stereocenters. The highest BCUT2D eigenvalue weighted by Gasteiger charge is 2.25. The molecule has 19 heavy (non-hydrogen) atoms. The van der Waals surface area contributed by atoms with Gasteiger partial charge in [0.25, 0.3) is 0 Å². The Labute approximate surface area is 119 Å². The Morgan fingerprint density at radius 3 is 2.89 bits per heavy atom. The fourth-order valence-corrected chi connectivity index (χ4v) is 3.30. The molecular weight excluding hydrogens is 258 g/mol. The van der Waals surface area contributed by atoms with Gasteiger partial charge in [-0.05, 0) is 26.3 Å². The molecule has 1 N–H and O–H groups in total. The molecule has 1 heterocycles. The number of rotatable bonds is 6. The van der Waals surface area contributed by atoms with Gasteiger partial charge in [0.05, 0.1) is 17.2 Å². The summed E-state index contributed by atoms with van der Waals surface area (Å²) in [7, 11) is 2.00. The van der Waals surface area contributed by atoms with Gasteiger partial charge in [0.2, 0.25) is 5.91 Å². The van der Waals surface area contributed by atoms with Crippen molar-refractivity contribution in [3.63, 3.8) is 0 Å². The van der Waals surface area contributed by atoms with Crippen molar-refractivity contribution >= 4 is 17.2 Å². The lowest BCUT2D eigenvalue weighted by molar-refractivity contribution is -0.127. The smallest absolute Gasteiger partial charge is 0.237 e. The lowest BCUT2D eigenvalue weighted by atomic mass is 10.1. The minimum Gasteiger partial charge on any atom is -0.352 e. The molecular formula is C14H23N3OS. The molecule has 0 aliphatic heterocycles. The number of amides is 1.